The van der Waals surface area contributed by atoms with Crippen molar-refractivity contribution in [3.05, 3.63) is 42.0 Å². The molecule has 21 heavy (non-hydrogen) atoms. The summed E-state index contributed by atoms with van der Waals surface area (Å²) >= 11 is 0. The van der Waals surface area contributed by atoms with E-state index in [1.54, 1.807) is 0 Å². The number of aromatic hydroxyl groups is 1. The van der Waals surface area contributed by atoms with E-state index in [-0.39, 0.29) is 0 Å². The highest BCUT2D eigenvalue weighted by molar-refractivity contribution is 6.07. The lowest BCUT2D eigenvalue weighted by Gasteiger charge is -2.26. The molecule has 0 unspecified atom stereocenters. The largest absolute Gasteiger partial charge is 0.508 e. The van der Waals surface area contributed by atoms with Crippen molar-refractivity contribution in [2.24, 2.45) is 0 Å². The molecule has 4 nitrogen and oxygen atoms in total. The number of aromatic amines is 1. The average molecular weight is 282 g/mol. The Labute approximate surface area is 122 Å². The number of aromatic nitrogens is 1. The van der Waals surface area contributed by atoms with Gasteiger partial charge in [-0.1, -0.05) is 18.2 Å². The van der Waals surface area contributed by atoms with Gasteiger partial charge in [-0.15, -0.1) is 0 Å². The molecule has 1 aromatic heterocycles. The monoisotopic (exact) mass is 282 g/mol. The van der Waals surface area contributed by atoms with Crippen LogP contribution in [-0.4, -0.2) is 41.3 Å². The molecule has 1 aliphatic heterocycles. The highest BCUT2D eigenvalue weighted by atomic mass is 16.5. The van der Waals surface area contributed by atoms with Crippen LogP contribution >= 0.6 is 0 Å². The fourth-order valence-corrected chi connectivity index (χ4v) is 3.06. The predicted octanol–water partition coefficient (Wildman–Crippen LogP) is 2.86. The van der Waals surface area contributed by atoms with Crippen molar-refractivity contribution in [1.82, 2.24) is 9.88 Å². The Hall–Kier alpha value is -2.04. The lowest BCUT2D eigenvalue weighted by molar-refractivity contribution is 0.0339. The summed E-state index contributed by atoms with van der Waals surface area (Å²) in [5.41, 5.74) is 3.07. The van der Waals surface area contributed by atoms with Gasteiger partial charge in [0.15, 0.2) is 0 Å². The number of phenolic OH excluding ortho intramolecular Hbond substituents is 1. The zero-order valence-electron chi connectivity index (χ0n) is 11.8. The molecule has 1 aliphatic rings. The molecule has 4 heteroatoms. The van der Waals surface area contributed by atoms with Gasteiger partial charge >= 0.3 is 0 Å². The van der Waals surface area contributed by atoms with E-state index >= 15 is 0 Å². The molecule has 0 atom stereocenters. The van der Waals surface area contributed by atoms with E-state index in [4.69, 9.17) is 4.74 Å². The second kappa shape index (κ2) is 5.06. The van der Waals surface area contributed by atoms with Gasteiger partial charge in [-0.25, -0.2) is 0 Å². The number of H-pyrrole nitrogens is 1. The van der Waals surface area contributed by atoms with Crippen LogP contribution in [-0.2, 0) is 11.3 Å². The van der Waals surface area contributed by atoms with E-state index in [0.717, 1.165) is 49.4 Å². The van der Waals surface area contributed by atoms with E-state index in [0.29, 0.717) is 5.75 Å². The van der Waals surface area contributed by atoms with Crippen molar-refractivity contribution in [2.75, 3.05) is 26.3 Å². The number of hydrogen-bond acceptors (Lipinski definition) is 3. The minimum absolute atomic E-state index is 0.362. The Morgan fingerprint density at radius 1 is 1.05 bits per heavy atom. The fraction of sp³-hybridized carbons (Fsp3) is 0.294. The number of morpholine rings is 1. The Bertz CT molecular complexity index is 788. The maximum absolute atomic E-state index is 10.3. The van der Waals surface area contributed by atoms with Crippen LogP contribution < -0.4 is 0 Å². The molecule has 108 valence electrons. The maximum Gasteiger partial charge on any atom is 0.122 e. The second-order valence-corrected chi connectivity index (χ2v) is 5.59. The normalized spacial score (nSPS) is 16.8. The molecule has 3 aromatic rings. The number of ether oxygens (including phenoxy) is 1. The molecule has 2 heterocycles. The van der Waals surface area contributed by atoms with Gasteiger partial charge < -0.3 is 14.8 Å². The third kappa shape index (κ3) is 2.26. The summed E-state index contributed by atoms with van der Waals surface area (Å²) in [4.78, 5) is 5.67. The highest BCUT2D eigenvalue weighted by Crippen LogP contribution is 2.31. The third-order valence-corrected chi connectivity index (χ3v) is 4.20. The number of phenols is 1. The molecule has 2 aromatic carbocycles. The standard InChI is InChI=1S/C17H18N2O2/c20-17-10-16-14(13-3-1-2-4-15(13)18-16)9-12(17)11-19-5-7-21-8-6-19/h1-4,9-10,18,20H,5-8,11H2. The smallest absolute Gasteiger partial charge is 0.122 e. The quantitative estimate of drug-likeness (QED) is 0.760. The zero-order chi connectivity index (χ0) is 14.2. The molecule has 0 saturated carbocycles. The molecule has 0 aliphatic carbocycles. The summed E-state index contributed by atoms with van der Waals surface area (Å²) in [5, 5.41) is 12.7. The summed E-state index contributed by atoms with van der Waals surface area (Å²) in [6.07, 6.45) is 0. The fourth-order valence-electron chi connectivity index (χ4n) is 3.06. The van der Waals surface area contributed by atoms with Gasteiger partial charge in [-0.3, -0.25) is 4.90 Å². The van der Waals surface area contributed by atoms with Crippen LogP contribution in [0.15, 0.2) is 36.4 Å². The second-order valence-electron chi connectivity index (χ2n) is 5.59. The number of fused-ring (bicyclic) bond motifs is 3. The number of hydrogen-bond donors (Lipinski definition) is 2. The molecule has 2 N–H and O–H groups in total. The lowest BCUT2D eigenvalue weighted by atomic mass is 10.1. The number of para-hydroxylation sites is 1. The molecular weight excluding hydrogens is 264 g/mol. The lowest BCUT2D eigenvalue weighted by Crippen LogP contribution is -2.35. The zero-order valence-corrected chi connectivity index (χ0v) is 11.8. The maximum atomic E-state index is 10.3. The van der Waals surface area contributed by atoms with E-state index in [1.165, 1.54) is 10.8 Å². The first kappa shape index (κ1) is 12.7. The van der Waals surface area contributed by atoms with Gasteiger partial charge in [0.2, 0.25) is 0 Å². The van der Waals surface area contributed by atoms with Gasteiger partial charge in [-0.05, 0) is 12.1 Å². The SMILES string of the molecule is Oc1cc2[nH]c3ccccc3c2cc1CN1CCOCC1. The van der Waals surface area contributed by atoms with Crippen LogP contribution in [0.3, 0.4) is 0 Å². The minimum Gasteiger partial charge on any atom is -0.508 e. The topological polar surface area (TPSA) is 48.5 Å². The van der Waals surface area contributed by atoms with E-state index in [1.807, 2.05) is 18.2 Å². The van der Waals surface area contributed by atoms with Gasteiger partial charge in [0.05, 0.1) is 18.7 Å². The first-order valence-electron chi connectivity index (χ1n) is 7.34. The number of rotatable bonds is 2. The van der Waals surface area contributed by atoms with Crippen LogP contribution in [0.1, 0.15) is 5.56 Å². The van der Waals surface area contributed by atoms with Crippen molar-refractivity contribution in [1.29, 1.82) is 0 Å². The summed E-state index contributed by atoms with van der Waals surface area (Å²) in [6, 6.07) is 12.2. The first-order valence-corrected chi connectivity index (χ1v) is 7.34. The number of nitrogens with one attached hydrogen (secondary N) is 1. The van der Waals surface area contributed by atoms with Crippen LogP contribution in [0.25, 0.3) is 21.8 Å². The average Bonchev–Trinajstić information content (AvgIpc) is 2.86. The molecule has 1 fully saturated rings. The Kier molecular flexibility index (Phi) is 3.05. The Balaban J connectivity index is 1.77. The van der Waals surface area contributed by atoms with Crippen LogP contribution in [0.5, 0.6) is 5.75 Å². The Morgan fingerprint density at radius 3 is 2.71 bits per heavy atom. The van der Waals surface area contributed by atoms with Crippen LogP contribution in [0.4, 0.5) is 0 Å². The summed E-state index contributed by atoms with van der Waals surface area (Å²) in [6.45, 7) is 4.16. The molecule has 0 spiro atoms. The minimum atomic E-state index is 0.362. The predicted molar refractivity (Wildman–Crippen MR) is 83.6 cm³/mol. The number of nitrogens with zero attached hydrogens (tertiary/aromatic N) is 1. The molecule has 0 radical (unpaired) electrons. The molecule has 4 rings (SSSR count). The van der Waals surface area contributed by atoms with E-state index < -0.39 is 0 Å². The summed E-state index contributed by atoms with van der Waals surface area (Å²) in [7, 11) is 0. The molecule has 0 bridgehead atoms. The Morgan fingerprint density at radius 2 is 1.86 bits per heavy atom. The summed E-state index contributed by atoms with van der Waals surface area (Å²) < 4.78 is 5.37. The molecule has 1 saturated heterocycles. The molecule has 0 amide bonds. The van der Waals surface area contributed by atoms with Gasteiger partial charge in [-0.2, -0.15) is 0 Å². The number of benzene rings is 2. The van der Waals surface area contributed by atoms with Gasteiger partial charge in [0.25, 0.3) is 0 Å². The van der Waals surface area contributed by atoms with E-state index in [2.05, 4.69) is 28.1 Å². The van der Waals surface area contributed by atoms with Crippen molar-refractivity contribution in [3.8, 4) is 5.75 Å². The first-order chi connectivity index (χ1) is 10.3. The van der Waals surface area contributed by atoms with E-state index in [9.17, 15) is 5.11 Å². The van der Waals surface area contributed by atoms with Gasteiger partial charge in [0.1, 0.15) is 5.75 Å². The van der Waals surface area contributed by atoms with Crippen molar-refractivity contribution >= 4 is 21.8 Å². The van der Waals surface area contributed by atoms with Gasteiger partial charge in [0, 0.05) is 47.6 Å². The van der Waals surface area contributed by atoms with Crippen molar-refractivity contribution < 1.29 is 9.84 Å². The highest BCUT2D eigenvalue weighted by Gasteiger charge is 2.14. The van der Waals surface area contributed by atoms with Crippen molar-refractivity contribution in [2.45, 2.75) is 6.54 Å². The van der Waals surface area contributed by atoms with Crippen LogP contribution in [0, 0.1) is 0 Å². The third-order valence-electron chi connectivity index (χ3n) is 4.20. The van der Waals surface area contributed by atoms with Crippen molar-refractivity contribution in [3.63, 3.8) is 0 Å². The molecular formula is C17H18N2O2. The van der Waals surface area contributed by atoms with Crippen LogP contribution in [0.2, 0.25) is 0 Å². The summed E-state index contributed by atoms with van der Waals surface area (Å²) in [5.74, 6) is 0.362.